The van der Waals surface area contributed by atoms with Crippen LogP contribution in [-0.4, -0.2) is 71.0 Å². The third-order valence-electron chi connectivity index (χ3n) is 4.21. The fourth-order valence-electron chi connectivity index (χ4n) is 2.57. The van der Waals surface area contributed by atoms with Crippen LogP contribution < -0.4 is 24.8 Å². The fourth-order valence-corrected chi connectivity index (χ4v) is 3.36. The van der Waals surface area contributed by atoms with E-state index in [0.717, 1.165) is 5.75 Å². The molecule has 0 unspecified atom stereocenters. The van der Waals surface area contributed by atoms with Gasteiger partial charge < -0.3 is 29.7 Å². The van der Waals surface area contributed by atoms with E-state index in [4.69, 9.17) is 14.2 Å². The minimum atomic E-state index is -0.0929. The molecule has 0 saturated carbocycles. The molecule has 31 heavy (non-hydrogen) atoms. The smallest absolute Gasteiger partial charge is 0.243 e. The van der Waals surface area contributed by atoms with Crippen molar-refractivity contribution in [2.45, 2.75) is 4.90 Å². The van der Waals surface area contributed by atoms with Crippen molar-refractivity contribution in [1.82, 2.24) is 10.2 Å². The quantitative estimate of drug-likeness (QED) is 0.251. The van der Waals surface area contributed by atoms with Gasteiger partial charge in [-0.05, 0) is 12.1 Å². The predicted octanol–water partition coefficient (Wildman–Crippen LogP) is 2.95. The maximum atomic E-state index is 12.0. The van der Waals surface area contributed by atoms with Crippen LogP contribution in [0.25, 0.3) is 0 Å². The van der Waals surface area contributed by atoms with E-state index in [-0.39, 0.29) is 12.5 Å². The van der Waals surface area contributed by atoms with Crippen molar-refractivity contribution in [1.29, 1.82) is 0 Å². The van der Waals surface area contributed by atoms with Crippen molar-refractivity contribution < 1.29 is 19.0 Å². The number of carbonyl (C=O) groups is 1. The maximum absolute atomic E-state index is 12.0. The van der Waals surface area contributed by atoms with Crippen LogP contribution in [0.5, 0.6) is 17.2 Å². The lowest BCUT2D eigenvalue weighted by Gasteiger charge is -2.17. The number of benzene rings is 2. The Morgan fingerprint density at radius 3 is 2.23 bits per heavy atom. The maximum Gasteiger partial charge on any atom is 0.243 e. The fraction of sp³-hybridized carbons (Fsp3) is 0.364. The summed E-state index contributed by atoms with van der Waals surface area (Å²) in [5.74, 6) is 2.77. The van der Waals surface area contributed by atoms with Gasteiger partial charge >= 0.3 is 0 Å². The Hall–Kier alpha value is -3.07. The third-order valence-corrected chi connectivity index (χ3v) is 5.22. The second-order valence-corrected chi connectivity index (χ2v) is 7.75. The summed E-state index contributed by atoms with van der Waals surface area (Å²) >= 11 is 1.74. The van der Waals surface area contributed by atoms with Crippen LogP contribution in [0.4, 0.5) is 5.69 Å². The molecule has 1 amide bonds. The van der Waals surface area contributed by atoms with Crippen LogP contribution in [-0.2, 0) is 4.79 Å². The van der Waals surface area contributed by atoms with E-state index in [0.29, 0.717) is 35.4 Å². The molecule has 0 fully saturated rings. The van der Waals surface area contributed by atoms with Gasteiger partial charge in [0.05, 0.1) is 21.3 Å². The summed E-state index contributed by atoms with van der Waals surface area (Å²) in [6.45, 7) is 0.685. The molecule has 0 aliphatic heterocycles. The topological polar surface area (TPSA) is 84.4 Å². The average Bonchev–Trinajstić information content (AvgIpc) is 2.79. The number of amides is 1. The Morgan fingerprint density at radius 1 is 1.03 bits per heavy atom. The average molecular weight is 447 g/mol. The zero-order valence-corrected chi connectivity index (χ0v) is 19.4. The molecule has 0 aromatic heterocycles. The predicted molar refractivity (Wildman–Crippen MR) is 126 cm³/mol. The highest BCUT2D eigenvalue weighted by atomic mass is 32.2. The Morgan fingerprint density at radius 2 is 1.68 bits per heavy atom. The first kappa shape index (κ1) is 24.2. The van der Waals surface area contributed by atoms with E-state index in [1.54, 1.807) is 59.3 Å². The minimum absolute atomic E-state index is 0.0264. The summed E-state index contributed by atoms with van der Waals surface area (Å²) in [5, 5.41) is 6.49. The van der Waals surface area contributed by atoms with Crippen molar-refractivity contribution >= 4 is 29.3 Å². The normalized spacial score (nSPS) is 10.9. The molecule has 2 aromatic carbocycles. The number of rotatable bonds is 10. The Balaban J connectivity index is 2.12. The van der Waals surface area contributed by atoms with E-state index < -0.39 is 0 Å². The first-order chi connectivity index (χ1) is 15.0. The van der Waals surface area contributed by atoms with Crippen molar-refractivity contribution in [3.63, 3.8) is 0 Å². The molecular weight excluding hydrogens is 416 g/mol. The highest BCUT2D eigenvalue weighted by molar-refractivity contribution is 7.99. The minimum Gasteiger partial charge on any atom is -0.493 e. The van der Waals surface area contributed by atoms with Gasteiger partial charge in [-0.1, -0.05) is 18.2 Å². The number of thioether (sulfide) groups is 1. The summed E-state index contributed by atoms with van der Waals surface area (Å²) in [6.07, 6.45) is 0. The van der Waals surface area contributed by atoms with Crippen molar-refractivity contribution in [2.75, 3.05) is 59.6 Å². The van der Waals surface area contributed by atoms with Gasteiger partial charge in [-0.25, -0.2) is 4.99 Å². The van der Waals surface area contributed by atoms with Crippen LogP contribution in [0.15, 0.2) is 52.4 Å². The lowest BCUT2D eigenvalue weighted by molar-refractivity contribution is -0.127. The van der Waals surface area contributed by atoms with Gasteiger partial charge in [-0.3, -0.25) is 4.79 Å². The van der Waals surface area contributed by atoms with E-state index in [2.05, 4.69) is 27.8 Å². The summed E-state index contributed by atoms with van der Waals surface area (Å²) in [4.78, 5) is 19.1. The molecular formula is C22H30N4O4S. The Kier molecular flexibility index (Phi) is 9.83. The molecule has 9 heteroatoms. The molecule has 0 atom stereocenters. The van der Waals surface area contributed by atoms with Gasteiger partial charge in [0.25, 0.3) is 0 Å². The molecule has 2 rings (SSSR count). The van der Waals surface area contributed by atoms with Crippen molar-refractivity contribution in [3.8, 4) is 17.2 Å². The van der Waals surface area contributed by atoms with Gasteiger partial charge in [0, 0.05) is 49.1 Å². The van der Waals surface area contributed by atoms with Crippen LogP contribution in [0.1, 0.15) is 0 Å². The Labute approximate surface area is 188 Å². The summed E-state index contributed by atoms with van der Waals surface area (Å²) < 4.78 is 16.2. The highest BCUT2D eigenvalue weighted by Gasteiger charge is 2.14. The molecule has 2 N–H and O–H groups in total. The molecule has 168 valence electrons. The van der Waals surface area contributed by atoms with Gasteiger partial charge in [0.2, 0.25) is 11.7 Å². The van der Waals surface area contributed by atoms with E-state index >= 15 is 0 Å². The Bertz CT molecular complexity index is 850. The lowest BCUT2D eigenvalue weighted by Crippen LogP contribution is -2.34. The third kappa shape index (κ3) is 7.60. The molecule has 0 spiro atoms. The van der Waals surface area contributed by atoms with Crippen LogP contribution in [0.3, 0.4) is 0 Å². The second kappa shape index (κ2) is 12.6. The van der Waals surface area contributed by atoms with Crippen molar-refractivity contribution in [3.05, 3.63) is 42.5 Å². The summed E-state index contributed by atoms with van der Waals surface area (Å²) in [7, 11) is 8.08. The number of aliphatic imine (C=N–C) groups is 1. The number of likely N-dealkylation sites (N-methyl/N-ethyl adjacent to an activating group) is 1. The van der Waals surface area contributed by atoms with E-state index in [1.807, 2.05) is 18.2 Å². The number of carbonyl (C=O) groups excluding carboxylic acids is 1. The number of anilines is 1. The zero-order valence-electron chi connectivity index (χ0n) is 18.6. The first-order valence-electron chi connectivity index (χ1n) is 9.71. The number of nitrogens with one attached hydrogen (secondary N) is 2. The lowest BCUT2D eigenvalue weighted by atomic mass is 10.2. The number of ether oxygens (including phenoxy) is 3. The molecule has 0 heterocycles. The number of hydrogen-bond donors (Lipinski definition) is 2. The molecule has 0 bridgehead atoms. The number of hydrogen-bond acceptors (Lipinski definition) is 6. The van der Waals surface area contributed by atoms with Crippen LogP contribution in [0.2, 0.25) is 0 Å². The molecule has 0 saturated heterocycles. The summed E-state index contributed by atoms with van der Waals surface area (Å²) in [5.41, 5.74) is 0.689. The van der Waals surface area contributed by atoms with Crippen LogP contribution >= 0.6 is 11.8 Å². The van der Waals surface area contributed by atoms with Gasteiger partial charge in [-0.15, -0.1) is 11.8 Å². The van der Waals surface area contributed by atoms with Gasteiger partial charge in [0.1, 0.15) is 6.54 Å². The molecule has 0 radical (unpaired) electrons. The highest BCUT2D eigenvalue weighted by Crippen LogP contribution is 2.39. The molecule has 0 aliphatic carbocycles. The number of guanidine groups is 1. The monoisotopic (exact) mass is 446 g/mol. The summed E-state index contributed by atoms with van der Waals surface area (Å²) in [6, 6.07) is 13.7. The first-order valence-corrected chi connectivity index (χ1v) is 10.7. The molecule has 0 aliphatic rings. The van der Waals surface area contributed by atoms with Crippen LogP contribution in [0, 0.1) is 0 Å². The SMILES string of the molecule is COc1cc(NC(=NCC(=O)N(C)C)NCCSc2ccccc2)cc(OC)c1OC. The van der Waals surface area contributed by atoms with E-state index in [9.17, 15) is 4.79 Å². The number of nitrogens with zero attached hydrogens (tertiary/aromatic N) is 2. The van der Waals surface area contributed by atoms with Crippen molar-refractivity contribution in [2.24, 2.45) is 4.99 Å². The largest absolute Gasteiger partial charge is 0.493 e. The zero-order chi connectivity index (χ0) is 22.6. The second-order valence-electron chi connectivity index (χ2n) is 6.58. The number of methoxy groups -OCH3 is 3. The molecule has 2 aromatic rings. The van der Waals surface area contributed by atoms with Gasteiger partial charge in [0.15, 0.2) is 17.5 Å². The standard InChI is InChI=1S/C22H30N4O4S/c1-26(2)20(27)15-24-22(23-11-12-31-17-9-7-6-8-10-17)25-16-13-18(28-3)21(30-5)19(14-16)29-4/h6-10,13-14H,11-12,15H2,1-5H3,(H2,23,24,25). The van der Waals surface area contributed by atoms with Gasteiger partial charge in [-0.2, -0.15) is 0 Å². The molecule has 8 nitrogen and oxygen atoms in total. The van der Waals surface area contributed by atoms with E-state index in [1.165, 1.54) is 9.80 Å².